The second-order valence-electron chi connectivity index (χ2n) is 33.0. The van der Waals surface area contributed by atoms with Gasteiger partial charge in [0, 0.05) is 68.5 Å². The molecule has 4 aliphatic heterocycles. The molecule has 12 amide bonds. The highest BCUT2D eigenvalue weighted by molar-refractivity contribution is 6.01. The van der Waals surface area contributed by atoms with Gasteiger partial charge in [-0.05, 0) is 164 Å². The second-order valence-corrected chi connectivity index (χ2v) is 33.0. The number of hydrogen-bond donors (Lipinski definition) is 3. The molecule has 2 unspecified atom stereocenters. The Morgan fingerprint density at radius 1 is 0.583 bits per heavy atom. The van der Waals surface area contributed by atoms with E-state index in [1.807, 2.05) is 0 Å². The van der Waals surface area contributed by atoms with Gasteiger partial charge in [-0.25, -0.2) is 8.78 Å². The summed E-state index contributed by atoms with van der Waals surface area (Å²) in [4.78, 5) is 193. The standard InChI is InChI=1S/C76H114F8N12O12/c1-10-45(3)63-71(106)89(5)43-61(99)90(6)54-21-12-11-15-34-95(70(54)105)58(39-47-24-27-50(28-25-47)75(79,80)81)68(103)88(4)42-59(97)85-53(29-26-48-36-51(77)62(52(78)37-48)76(82,83)84)67(102)96-41-44(2)35-56(96)66(101)87-74(30-18-31-74)73(108)93(9)64(49-19-13-14-20-49)72(107)92(8)57(69(104)94-32-16-17-33-94)40-60(98)91(7)55(65(100)86-63)38-46-22-23-46/h11-12,44-58,62-64H,10,13-43H2,1-9H3,(H,85,97)(H,86,100)(H,87,101)/b12-11-/t44-,45-,47?,48?,50?,51?,52?,53-,54-,55-,56-,57-,58-,62?,63-,64-/m0/s1. The van der Waals surface area contributed by atoms with E-state index in [2.05, 4.69) is 16.0 Å². The molecule has 3 saturated heterocycles. The Balaban J connectivity index is 1.09. The Hall–Kier alpha value is -7.18. The molecule has 8 fully saturated rings. The van der Waals surface area contributed by atoms with E-state index in [4.69, 9.17) is 0 Å². The lowest BCUT2D eigenvalue weighted by molar-refractivity contribution is -0.219. The highest BCUT2D eigenvalue weighted by Crippen LogP contribution is 2.46. The Bertz CT molecular complexity index is 3290. The molecule has 0 aromatic carbocycles. The maximum absolute atomic E-state index is 15.7. The maximum atomic E-state index is 15.7. The molecule has 1 spiro atoms. The molecule has 5 aliphatic carbocycles. The van der Waals surface area contributed by atoms with Crippen molar-refractivity contribution in [3.8, 4) is 0 Å². The van der Waals surface area contributed by atoms with E-state index in [1.54, 1.807) is 37.8 Å². The normalized spacial score (nSPS) is 33.4. The van der Waals surface area contributed by atoms with Crippen LogP contribution in [-0.2, 0) is 57.5 Å². The van der Waals surface area contributed by atoms with Gasteiger partial charge in [-0.3, -0.25) is 57.5 Å². The number of nitrogens with zero attached hydrogens (tertiary/aromatic N) is 9. The number of likely N-dealkylation sites (N-methyl/N-ethyl adjacent to an activating group) is 6. The van der Waals surface area contributed by atoms with Crippen LogP contribution in [0, 0.1) is 47.3 Å². The molecule has 9 rings (SSSR count). The number of rotatable bonds is 11. The first-order chi connectivity index (χ1) is 50.8. The molecular formula is C76H114F8N12O12. The van der Waals surface area contributed by atoms with Crippen LogP contribution < -0.4 is 16.0 Å². The van der Waals surface area contributed by atoms with Crippen molar-refractivity contribution in [1.82, 2.24) is 60.0 Å². The number of amides is 12. The first-order valence-electron chi connectivity index (χ1n) is 39.3. The van der Waals surface area contributed by atoms with Crippen molar-refractivity contribution in [1.29, 1.82) is 0 Å². The molecule has 108 heavy (non-hydrogen) atoms. The average Bonchev–Trinajstić information content (AvgIpc) is 1.07. The molecule has 2 bridgehead atoms. The molecule has 3 N–H and O–H groups in total. The van der Waals surface area contributed by atoms with Gasteiger partial charge in [-0.2, -0.15) is 26.3 Å². The van der Waals surface area contributed by atoms with Gasteiger partial charge in [0.1, 0.15) is 72.1 Å². The van der Waals surface area contributed by atoms with Gasteiger partial charge < -0.3 is 60.0 Å². The van der Waals surface area contributed by atoms with E-state index in [9.17, 15) is 50.3 Å². The monoisotopic (exact) mass is 1540 g/mol. The molecule has 5 saturated carbocycles. The Kier molecular flexibility index (Phi) is 28.2. The molecule has 32 heteroatoms. The van der Waals surface area contributed by atoms with E-state index < -0.39 is 230 Å². The predicted molar refractivity (Wildman–Crippen MR) is 380 cm³/mol. The molecule has 606 valence electrons. The third-order valence-electron chi connectivity index (χ3n) is 25.3. The summed E-state index contributed by atoms with van der Waals surface area (Å²) in [6.45, 7) is 4.23. The van der Waals surface area contributed by atoms with Gasteiger partial charge in [0.25, 0.3) is 0 Å². The number of nitrogens with one attached hydrogen (secondary N) is 3. The topological polar surface area (TPSA) is 270 Å². The van der Waals surface area contributed by atoms with Crippen molar-refractivity contribution in [2.45, 2.75) is 266 Å². The molecule has 9 aliphatic rings. The van der Waals surface area contributed by atoms with E-state index in [0.717, 1.165) is 27.5 Å². The number of hydrogen-bond acceptors (Lipinski definition) is 12. The summed E-state index contributed by atoms with van der Waals surface area (Å²) < 4.78 is 115. The quantitative estimate of drug-likeness (QED) is 0.141. The zero-order chi connectivity index (χ0) is 79.2. The summed E-state index contributed by atoms with van der Waals surface area (Å²) in [7, 11) is 8.21. The molecule has 4 heterocycles. The van der Waals surface area contributed by atoms with Crippen molar-refractivity contribution in [3.63, 3.8) is 0 Å². The van der Waals surface area contributed by atoms with Crippen molar-refractivity contribution in [2.75, 3.05) is 81.6 Å². The predicted octanol–water partition coefficient (Wildman–Crippen LogP) is 6.87. The lowest BCUT2D eigenvalue weighted by atomic mass is 9.74. The summed E-state index contributed by atoms with van der Waals surface area (Å²) in [5.74, 6) is -16.4. The molecule has 0 radical (unpaired) electrons. The van der Waals surface area contributed by atoms with Crippen LogP contribution in [0.4, 0.5) is 35.1 Å². The van der Waals surface area contributed by atoms with Gasteiger partial charge in [-0.1, -0.05) is 65.0 Å². The Labute approximate surface area is 628 Å². The summed E-state index contributed by atoms with van der Waals surface area (Å²) >= 11 is 0. The minimum atomic E-state index is -5.20. The van der Waals surface area contributed by atoms with Crippen LogP contribution in [0.5, 0.6) is 0 Å². The SMILES string of the molecule is CC[C@H](C)[C@@H]1NC(=O)[C@H](CC2CC2)N(C)C(=O)C[C@@H](C(=O)N2CCCC2)N(C)C(=O)[C@H](C2CCCC2)N(C)C(=O)C2(CCC2)NC(=O)[C@@H]2C[C@H](C)CN2C(=O)[C@H](CCC2CC(F)C(C(F)(F)F)C(F)C2)NC(=O)CN(C)C(=O)[C@H](CC2CCC(C(F)(F)F)CC2)N2CC/C=C\C[C@@H](C2=O)N(C)C(=O)CN(C)C1=O. The summed E-state index contributed by atoms with van der Waals surface area (Å²) in [5, 5.41) is 8.52. The van der Waals surface area contributed by atoms with Crippen molar-refractivity contribution >= 4 is 70.9 Å². The maximum Gasteiger partial charge on any atom is 0.397 e. The van der Waals surface area contributed by atoms with Gasteiger partial charge in [-0.15, -0.1) is 0 Å². The Morgan fingerprint density at radius 2 is 1.19 bits per heavy atom. The van der Waals surface area contributed by atoms with Crippen LogP contribution in [0.25, 0.3) is 0 Å². The fourth-order valence-corrected chi connectivity index (χ4v) is 18.0. The fraction of sp³-hybridized carbons (Fsp3) is 0.816. The molecule has 24 nitrogen and oxygen atoms in total. The summed E-state index contributed by atoms with van der Waals surface area (Å²) in [6.07, 6.45) is -8.60. The highest BCUT2D eigenvalue weighted by atomic mass is 19.4. The molecule has 0 aromatic heterocycles. The van der Waals surface area contributed by atoms with E-state index in [-0.39, 0.29) is 96.1 Å². The van der Waals surface area contributed by atoms with Crippen LogP contribution in [0.3, 0.4) is 0 Å². The number of carbonyl (C=O) groups is 12. The van der Waals surface area contributed by atoms with Gasteiger partial charge in [0.2, 0.25) is 70.9 Å². The van der Waals surface area contributed by atoms with Crippen molar-refractivity contribution in [3.05, 3.63) is 12.2 Å². The van der Waals surface area contributed by atoms with Crippen LogP contribution >= 0.6 is 0 Å². The zero-order valence-corrected chi connectivity index (χ0v) is 64.1. The van der Waals surface area contributed by atoms with Gasteiger partial charge in [0.05, 0.1) is 25.4 Å². The molecular weight excluding hydrogens is 1420 g/mol. The van der Waals surface area contributed by atoms with Crippen molar-refractivity contribution in [2.24, 2.45) is 47.3 Å². The first kappa shape index (κ1) is 84.8. The number of carbonyl (C=O) groups excluding carboxylic acids is 12. The van der Waals surface area contributed by atoms with Crippen LogP contribution in [0.2, 0.25) is 0 Å². The van der Waals surface area contributed by atoms with E-state index in [1.165, 1.54) is 66.8 Å². The smallest absolute Gasteiger partial charge is 0.343 e. The summed E-state index contributed by atoms with van der Waals surface area (Å²) in [5.41, 5.74) is -1.64. The van der Waals surface area contributed by atoms with Crippen molar-refractivity contribution < 1.29 is 92.7 Å². The first-order valence-corrected chi connectivity index (χ1v) is 39.3. The molecule has 0 aromatic rings. The number of halogens is 8. The molecule has 12 atom stereocenters. The fourth-order valence-electron chi connectivity index (χ4n) is 18.0. The number of fused-ring (bicyclic) bond motifs is 3. The lowest BCUT2D eigenvalue weighted by Gasteiger charge is -2.47. The van der Waals surface area contributed by atoms with Crippen LogP contribution in [-0.4, -0.2) is 275 Å². The average molecular weight is 1540 g/mol. The van der Waals surface area contributed by atoms with E-state index >= 15 is 42.3 Å². The third kappa shape index (κ3) is 19.9. The third-order valence-corrected chi connectivity index (χ3v) is 25.3. The van der Waals surface area contributed by atoms with E-state index in [0.29, 0.717) is 64.5 Å². The largest absolute Gasteiger partial charge is 0.397 e. The number of likely N-dealkylation sites (tertiary alicyclic amines) is 1. The van der Waals surface area contributed by atoms with Gasteiger partial charge in [0.15, 0.2) is 0 Å². The highest BCUT2D eigenvalue weighted by Gasteiger charge is 2.56. The lowest BCUT2D eigenvalue weighted by Crippen LogP contribution is -2.68. The van der Waals surface area contributed by atoms with Crippen LogP contribution in [0.1, 0.15) is 188 Å². The van der Waals surface area contributed by atoms with Crippen LogP contribution in [0.15, 0.2) is 12.2 Å². The number of alkyl halides is 8. The zero-order valence-electron chi connectivity index (χ0n) is 64.1. The minimum Gasteiger partial charge on any atom is -0.343 e. The second kappa shape index (κ2) is 35.9. The van der Waals surface area contributed by atoms with Gasteiger partial charge >= 0.3 is 12.4 Å². The minimum absolute atomic E-state index is 0.00798. The Morgan fingerprint density at radius 3 is 1.76 bits per heavy atom. The summed E-state index contributed by atoms with van der Waals surface area (Å²) in [6, 6.07) is -10.9.